The molecule has 0 spiro atoms. The number of ether oxygens (including phenoxy) is 1. The number of piperidine rings is 1. The van der Waals surface area contributed by atoms with Crippen LogP contribution in [0.2, 0.25) is 0 Å². The molecule has 1 aromatic rings. The van der Waals surface area contributed by atoms with E-state index in [0.717, 1.165) is 13.0 Å². The van der Waals surface area contributed by atoms with Gasteiger partial charge < -0.3 is 10.1 Å². The first-order valence-corrected chi connectivity index (χ1v) is 6.78. The van der Waals surface area contributed by atoms with E-state index in [-0.39, 0.29) is 10.6 Å². The number of hydrogen-bond acceptors (Lipinski definition) is 4. The van der Waals surface area contributed by atoms with Crippen LogP contribution in [-0.2, 0) is 0 Å². The van der Waals surface area contributed by atoms with Crippen LogP contribution in [0.25, 0.3) is 0 Å². The third-order valence-electron chi connectivity index (χ3n) is 3.52. The van der Waals surface area contributed by atoms with Crippen LogP contribution in [0, 0.1) is 17.0 Å². The molecule has 0 radical (unpaired) electrons. The topological polar surface area (TPSA) is 64.4 Å². The lowest BCUT2D eigenvalue weighted by Crippen LogP contribution is -2.35. The van der Waals surface area contributed by atoms with Gasteiger partial charge in [0.2, 0.25) is 0 Å². The minimum Gasteiger partial charge on any atom is -0.487 e. The maximum Gasteiger partial charge on any atom is 0.313 e. The predicted molar refractivity (Wildman–Crippen MR) is 73.6 cm³/mol. The molecule has 2 rings (SSSR count). The molecule has 1 fully saturated rings. The van der Waals surface area contributed by atoms with Crippen LogP contribution < -0.4 is 10.1 Å². The maximum atomic E-state index is 11.0. The van der Waals surface area contributed by atoms with E-state index in [2.05, 4.69) is 5.32 Å². The molecule has 0 aliphatic carbocycles. The Morgan fingerprint density at radius 1 is 1.47 bits per heavy atom. The number of rotatable bonds is 5. The van der Waals surface area contributed by atoms with Gasteiger partial charge in [-0.2, -0.15) is 0 Å². The molecule has 1 heterocycles. The van der Waals surface area contributed by atoms with Gasteiger partial charge >= 0.3 is 5.69 Å². The number of aryl methyl sites for hydroxylation is 1. The number of benzene rings is 1. The Morgan fingerprint density at radius 3 is 3.00 bits per heavy atom. The molecule has 5 nitrogen and oxygen atoms in total. The van der Waals surface area contributed by atoms with Gasteiger partial charge in [0.05, 0.1) is 11.5 Å². The molecule has 1 saturated heterocycles. The number of para-hydroxylation sites is 1. The highest BCUT2D eigenvalue weighted by Crippen LogP contribution is 2.30. The lowest BCUT2D eigenvalue weighted by molar-refractivity contribution is -0.386. The van der Waals surface area contributed by atoms with E-state index in [1.54, 1.807) is 25.1 Å². The largest absolute Gasteiger partial charge is 0.487 e. The standard InChI is InChI=1S/C14H20N2O3/c1-11-5-4-7-13(14(11)16(17)18)19-10-8-12-6-2-3-9-15-12/h4-5,7,12,15H,2-3,6,8-10H2,1H3. The number of nitrogens with zero attached hydrogens (tertiary/aromatic N) is 1. The smallest absolute Gasteiger partial charge is 0.313 e. The highest BCUT2D eigenvalue weighted by atomic mass is 16.6. The van der Waals surface area contributed by atoms with Gasteiger partial charge in [-0.25, -0.2) is 0 Å². The van der Waals surface area contributed by atoms with Crippen molar-refractivity contribution in [3.8, 4) is 5.75 Å². The van der Waals surface area contributed by atoms with Crippen LogP contribution in [0.1, 0.15) is 31.2 Å². The fourth-order valence-corrected chi connectivity index (χ4v) is 2.46. The fraction of sp³-hybridized carbons (Fsp3) is 0.571. The van der Waals surface area contributed by atoms with Gasteiger partial charge in [0.25, 0.3) is 0 Å². The van der Waals surface area contributed by atoms with E-state index < -0.39 is 0 Å². The molecule has 1 aliphatic heterocycles. The van der Waals surface area contributed by atoms with Gasteiger partial charge in [-0.15, -0.1) is 0 Å². The maximum absolute atomic E-state index is 11.0. The second-order valence-electron chi connectivity index (χ2n) is 4.96. The number of nitrogens with one attached hydrogen (secondary N) is 1. The molecule has 1 N–H and O–H groups in total. The Balaban J connectivity index is 1.92. The van der Waals surface area contributed by atoms with E-state index >= 15 is 0 Å². The number of nitro groups is 1. The summed E-state index contributed by atoms with van der Waals surface area (Å²) in [5.74, 6) is 0.376. The molecule has 1 aromatic carbocycles. The molecule has 5 heteroatoms. The summed E-state index contributed by atoms with van der Waals surface area (Å²) in [6.07, 6.45) is 4.55. The van der Waals surface area contributed by atoms with E-state index in [1.165, 1.54) is 19.3 Å². The molecule has 0 aromatic heterocycles. The second kappa shape index (κ2) is 6.52. The van der Waals surface area contributed by atoms with Crippen LogP contribution in [0.3, 0.4) is 0 Å². The molecule has 1 unspecified atom stereocenters. The highest BCUT2D eigenvalue weighted by Gasteiger charge is 2.19. The molecule has 0 saturated carbocycles. The Kier molecular flexibility index (Phi) is 4.74. The van der Waals surface area contributed by atoms with Crippen LogP contribution in [0.4, 0.5) is 5.69 Å². The zero-order valence-corrected chi connectivity index (χ0v) is 11.2. The van der Waals surface area contributed by atoms with Crippen molar-refractivity contribution < 1.29 is 9.66 Å². The zero-order valence-electron chi connectivity index (χ0n) is 11.2. The quantitative estimate of drug-likeness (QED) is 0.656. The van der Waals surface area contributed by atoms with Crippen molar-refractivity contribution in [1.82, 2.24) is 5.32 Å². The van der Waals surface area contributed by atoms with Crippen LogP contribution in [0.5, 0.6) is 5.75 Å². The normalized spacial score (nSPS) is 19.1. The van der Waals surface area contributed by atoms with Crippen molar-refractivity contribution in [1.29, 1.82) is 0 Å². The Bertz CT molecular complexity index is 442. The summed E-state index contributed by atoms with van der Waals surface area (Å²) in [6, 6.07) is 5.67. The van der Waals surface area contributed by atoms with Crippen molar-refractivity contribution in [2.24, 2.45) is 0 Å². The van der Waals surface area contributed by atoms with Gasteiger partial charge in [0, 0.05) is 11.6 Å². The average molecular weight is 264 g/mol. The molecule has 19 heavy (non-hydrogen) atoms. The fourth-order valence-electron chi connectivity index (χ4n) is 2.46. The van der Waals surface area contributed by atoms with Gasteiger partial charge in [0.1, 0.15) is 0 Å². The monoisotopic (exact) mass is 264 g/mol. The summed E-state index contributed by atoms with van der Waals surface area (Å²) in [6.45, 7) is 3.31. The highest BCUT2D eigenvalue weighted by molar-refractivity contribution is 5.51. The van der Waals surface area contributed by atoms with Crippen molar-refractivity contribution in [2.45, 2.75) is 38.6 Å². The van der Waals surface area contributed by atoms with Crippen molar-refractivity contribution in [2.75, 3.05) is 13.2 Å². The zero-order chi connectivity index (χ0) is 13.7. The van der Waals surface area contributed by atoms with Crippen molar-refractivity contribution in [3.05, 3.63) is 33.9 Å². The van der Waals surface area contributed by atoms with Crippen molar-refractivity contribution >= 4 is 5.69 Å². The number of nitro benzene ring substituents is 1. The van der Waals surface area contributed by atoms with Crippen molar-refractivity contribution in [3.63, 3.8) is 0 Å². The van der Waals surface area contributed by atoms with Gasteiger partial charge in [0.15, 0.2) is 5.75 Å². The second-order valence-corrected chi connectivity index (χ2v) is 4.96. The summed E-state index contributed by atoms with van der Waals surface area (Å²) in [7, 11) is 0. The first kappa shape index (κ1) is 13.8. The molecule has 0 bridgehead atoms. The summed E-state index contributed by atoms with van der Waals surface area (Å²) < 4.78 is 5.60. The summed E-state index contributed by atoms with van der Waals surface area (Å²) in [5.41, 5.74) is 0.720. The Hall–Kier alpha value is -1.62. The van der Waals surface area contributed by atoms with Crippen LogP contribution >= 0.6 is 0 Å². The Morgan fingerprint density at radius 2 is 2.32 bits per heavy atom. The Labute approximate surface area is 113 Å². The third kappa shape index (κ3) is 3.67. The number of hydrogen-bond donors (Lipinski definition) is 1. The van der Waals surface area contributed by atoms with Gasteiger partial charge in [-0.05, 0) is 38.8 Å². The van der Waals surface area contributed by atoms with E-state index in [4.69, 9.17) is 4.74 Å². The molecular formula is C14H20N2O3. The molecule has 104 valence electrons. The van der Waals surface area contributed by atoms with E-state index in [1.807, 2.05) is 0 Å². The summed E-state index contributed by atoms with van der Waals surface area (Å²) >= 11 is 0. The van der Waals surface area contributed by atoms with E-state index in [0.29, 0.717) is 24.0 Å². The van der Waals surface area contributed by atoms with Gasteiger partial charge in [-0.3, -0.25) is 10.1 Å². The molecular weight excluding hydrogens is 244 g/mol. The molecule has 0 amide bonds. The first-order valence-electron chi connectivity index (χ1n) is 6.78. The van der Waals surface area contributed by atoms with Crippen LogP contribution in [0.15, 0.2) is 18.2 Å². The van der Waals surface area contributed by atoms with Crippen LogP contribution in [-0.4, -0.2) is 24.1 Å². The lowest BCUT2D eigenvalue weighted by atomic mass is 10.0. The van der Waals surface area contributed by atoms with Gasteiger partial charge in [-0.1, -0.05) is 18.6 Å². The van der Waals surface area contributed by atoms with E-state index in [9.17, 15) is 10.1 Å². The summed E-state index contributed by atoms with van der Waals surface area (Å²) in [5, 5.41) is 14.5. The SMILES string of the molecule is Cc1cccc(OCCC2CCCCN2)c1[N+](=O)[O-]. The lowest BCUT2D eigenvalue weighted by Gasteiger charge is -2.23. The predicted octanol–water partition coefficient (Wildman–Crippen LogP) is 2.81. The third-order valence-corrected chi connectivity index (χ3v) is 3.52. The molecule has 1 aliphatic rings. The first-order chi connectivity index (χ1) is 9.18. The average Bonchev–Trinajstić information content (AvgIpc) is 2.39. The summed E-state index contributed by atoms with van der Waals surface area (Å²) in [4.78, 5) is 10.6. The minimum atomic E-state index is -0.372. The minimum absolute atomic E-state index is 0.0825. The molecule has 1 atom stereocenters.